The molecule has 4 saturated carbocycles. The maximum atomic E-state index is 12.9. The molecule has 4 bridgehead atoms. The summed E-state index contributed by atoms with van der Waals surface area (Å²) >= 11 is 0. The fourth-order valence-electron chi connectivity index (χ4n) is 5.61. The number of Topliss-reactive ketones (excluding diaryl/α,β-unsaturated/α-hetero) is 1. The summed E-state index contributed by atoms with van der Waals surface area (Å²) in [4.78, 5) is 12.9. The monoisotopic (exact) mass is 284 g/mol. The molecular weight excluding hydrogens is 260 g/mol. The predicted octanol–water partition coefficient (Wildman–Crippen LogP) is 3.88. The van der Waals surface area contributed by atoms with Gasteiger partial charge in [-0.1, -0.05) is 18.2 Å². The number of ether oxygens (including phenoxy) is 1. The molecule has 112 valence electrons. The van der Waals surface area contributed by atoms with Crippen LogP contribution < -0.4 is 4.74 Å². The third-order valence-corrected chi connectivity index (χ3v) is 6.16. The first-order valence-electron chi connectivity index (χ1n) is 8.39. The lowest BCUT2D eigenvalue weighted by Crippen LogP contribution is -2.48. The van der Waals surface area contributed by atoms with E-state index in [1.807, 2.05) is 24.3 Å². The molecule has 0 amide bonds. The molecule has 4 fully saturated rings. The molecule has 4 aliphatic rings. The molecule has 5 rings (SSSR count). The molecule has 0 spiro atoms. The van der Waals surface area contributed by atoms with E-state index < -0.39 is 0 Å². The molecule has 1 aromatic carbocycles. The Morgan fingerprint density at radius 1 is 1.05 bits per heavy atom. The average Bonchev–Trinajstić information content (AvgIpc) is 2.46. The maximum absolute atomic E-state index is 12.9. The number of para-hydroxylation sites is 1. The van der Waals surface area contributed by atoms with Crippen molar-refractivity contribution in [3.8, 4) is 5.75 Å². The lowest BCUT2D eigenvalue weighted by atomic mass is 9.51. The number of carbonyl (C=O) groups is 1. The summed E-state index contributed by atoms with van der Waals surface area (Å²) in [6.07, 6.45) is 7.26. The van der Waals surface area contributed by atoms with Gasteiger partial charge >= 0.3 is 0 Å². The van der Waals surface area contributed by atoms with E-state index in [0.717, 1.165) is 23.1 Å². The summed E-state index contributed by atoms with van der Waals surface area (Å²) in [7, 11) is 1.69. The van der Waals surface area contributed by atoms with Crippen LogP contribution >= 0.6 is 0 Å². The van der Waals surface area contributed by atoms with E-state index in [1.165, 1.54) is 32.1 Å². The van der Waals surface area contributed by atoms with Gasteiger partial charge in [0.2, 0.25) is 0 Å². The number of ketones is 1. The minimum atomic E-state index is 0.336. The molecule has 0 atom stereocenters. The van der Waals surface area contributed by atoms with Gasteiger partial charge in [0.1, 0.15) is 11.5 Å². The standard InChI is InChI=1S/C19H24O2/c1-21-18-5-3-2-4-14(18)11-17(20)19-15-7-12-6-13(9-15)10-16(19)8-12/h2-5,12-13,15-16,19H,6-11H2,1H3. The van der Waals surface area contributed by atoms with Crippen LogP contribution in [0.1, 0.15) is 37.7 Å². The second-order valence-corrected chi connectivity index (χ2v) is 7.41. The van der Waals surface area contributed by atoms with Gasteiger partial charge in [-0.3, -0.25) is 4.79 Å². The van der Waals surface area contributed by atoms with Crippen molar-refractivity contribution in [1.82, 2.24) is 0 Å². The highest BCUT2D eigenvalue weighted by atomic mass is 16.5. The Morgan fingerprint density at radius 3 is 2.29 bits per heavy atom. The number of rotatable bonds is 4. The first kappa shape index (κ1) is 13.4. The van der Waals surface area contributed by atoms with Gasteiger partial charge in [0.05, 0.1) is 7.11 Å². The molecule has 1 aromatic rings. The van der Waals surface area contributed by atoms with Gasteiger partial charge in [0, 0.05) is 17.9 Å². The zero-order valence-electron chi connectivity index (χ0n) is 12.8. The molecular formula is C19H24O2. The summed E-state index contributed by atoms with van der Waals surface area (Å²) in [5.41, 5.74) is 1.05. The zero-order valence-corrected chi connectivity index (χ0v) is 12.8. The van der Waals surface area contributed by atoms with E-state index in [2.05, 4.69) is 0 Å². The molecule has 2 heteroatoms. The van der Waals surface area contributed by atoms with E-state index >= 15 is 0 Å². The summed E-state index contributed by atoms with van der Waals surface area (Å²) in [6.45, 7) is 0. The van der Waals surface area contributed by atoms with Gasteiger partial charge in [0.25, 0.3) is 0 Å². The Labute approximate surface area is 126 Å². The molecule has 4 aliphatic carbocycles. The SMILES string of the molecule is COc1ccccc1CC(=O)C1C2CC3CC(C2)CC1C3. The number of hydrogen-bond donors (Lipinski definition) is 0. The first-order valence-corrected chi connectivity index (χ1v) is 8.39. The van der Waals surface area contributed by atoms with Gasteiger partial charge in [0.15, 0.2) is 0 Å². The van der Waals surface area contributed by atoms with Crippen molar-refractivity contribution < 1.29 is 9.53 Å². The number of carbonyl (C=O) groups excluding carboxylic acids is 1. The second-order valence-electron chi connectivity index (χ2n) is 7.41. The highest BCUT2D eigenvalue weighted by Gasteiger charge is 2.50. The second kappa shape index (κ2) is 5.15. The first-order chi connectivity index (χ1) is 10.2. The van der Waals surface area contributed by atoms with Gasteiger partial charge in [-0.25, -0.2) is 0 Å². The molecule has 0 N–H and O–H groups in total. The highest BCUT2D eigenvalue weighted by Crippen LogP contribution is 2.56. The summed E-state index contributed by atoms with van der Waals surface area (Å²) in [5.74, 6) is 4.89. The van der Waals surface area contributed by atoms with Crippen molar-refractivity contribution in [2.75, 3.05) is 7.11 Å². The molecule has 0 saturated heterocycles. The summed E-state index contributed by atoms with van der Waals surface area (Å²) in [6, 6.07) is 7.96. The van der Waals surface area contributed by atoms with Gasteiger partial charge in [-0.15, -0.1) is 0 Å². The summed E-state index contributed by atoms with van der Waals surface area (Å²) in [5, 5.41) is 0. The smallest absolute Gasteiger partial charge is 0.141 e. The molecule has 2 nitrogen and oxygen atoms in total. The Kier molecular flexibility index (Phi) is 3.28. The van der Waals surface area contributed by atoms with Gasteiger partial charge in [-0.05, 0) is 61.8 Å². The van der Waals surface area contributed by atoms with Crippen molar-refractivity contribution in [3.63, 3.8) is 0 Å². The quantitative estimate of drug-likeness (QED) is 0.838. The maximum Gasteiger partial charge on any atom is 0.141 e. The minimum Gasteiger partial charge on any atom is -0.496 e. The summed E-state index contributed by atoms with van der Waals surface area (Å²) < 4.78 is 5.40. The lowest BCUT2D eigenvalue weighted by molar-refractivity contribution is -0.135. The van der Waals surface area contributed by atoms with Crippen LogP contribution in [0.3, 0.4) is 0 Å². The van der Waals surface area contributed by atoms with Crippen LogP contribution in [0.25, 0.3) is 0 Å². The van der Waals surface area contributed by atoms with Crippen LogP contribution in [0.15, 0.2) is 24.3 Å². The van der Waals surface area contributed by atoms with E-state index in [-0.39, 0.29) is 0 Å². The van der Waals surface area contributed by atoms with Crippen LogP contribution in [0.5, 0.6) is 5.75 Å². The molecule has 0 aliphatic heterocycles. The Balaban J connectivity index is 1.53. The number of benzene rings is 1. The van der Waals surface area contributed by atoms with E-state index in [1.54, 1.807) is 7.11 Å². The third-order valence-electron chi connectivity index (χ3n) is 6.16. The number of hydrogen-bond acceptors (Lipinski definition) is 2. The van der Waals surface area contributed by atoms with Crippen LogP contribution in [-0.4, -0.2) is 12.9 Å². The molecule has 0 radical (unpaired) electrons. The normalized spacial score (nSPS) is 36.7. The van der Waals surface area contributed by atoms with Crippen LogP contribution in [0.4, 0.5) is 0 Å². The molecule has 0 heterocycles. The number of methoxy groups -OCH3 is 1. The molecule has 0 unspecified atom stereocenters. The van der Waals surface area contributed by atoms with Crippen LogP contribution in [-0.2, 0) is 11.2 Å². The van der Waals surface area contributed by atoms with Gasteiger partial charge in [-0.2, -0.15) is 0 Å². The largest absolute Gasteiger partial charge is 0.496 e. The zero-order chi connectivity index (χ0) is 14.4. The van der Waals surface area contributed by atoms with E-state index in [9.17, 15) is 4.79 Å². The van der Waals surface area contributed by atoms with Crippen LogP contribution in [0.2, 0.25) is 0 Å². The van der Waals surface area contributed by atoms with E-state index in [0.29, 0.717) is 30.0 Å². The van der Waals surface area contributed by atoms with Crippen molar-refractivity contribution in [1.29, 1.82) is 0 Å². The van der Waals surface area contributed by atoms with Crippen LogP contribution in [0, 0.1) is 29.6 Å². The highest BCUT2D eigenvalue weighted by molar-refractivity contribution is 5.84. The van der Waals surface area contributed by atoms with Crippen molar-refractivity contribution >= 4 is 5.78 Å². The fourth-order valence-corrected chi connectivity index (χ4v) is 5.61. The predicted molar refractivity (Wildman–Crippen MR) is 82.2 cm³/mol. The average molecular weight is 284 g/mol. The Morgan fingerprint density at radius 2 is 1.67 bits per heavy atom. The van der Waals surface area contributed by atoms with Crippen molar-refractivity contribution in [2.45, 2.75) is 38.5 Å². The minimum absolute atomic E-state index is 0.336. The Hall–Kier alpha value is -1.31. The molecule has 0 aromatic heterocycles. The molecule has 21 heavy (non-hydrogen) atoms. The topological polar surface area (TPSA) is 26.3 Å². The van der Waals surface area contributed by atoms with Gasteiger partial charge < -0.3 is 4.74 Å². The van der Waals surface area contributed by atoms with E-state index in [4.69, 9.17) is 4.74 Å². The third kappa shape index (κ3) is 2.29. The Bertz CT molecular complexity index is 520. The fraction of sp³-hybridized carbons (Fsp3) is 0.632. The lowest BCUT2D eigenvalue weighted by Gasteiger charge is -2.53. The van der Waals surface area contributed by atoms with Crippen molar-refractivity contribution in [2.24, 2.45) is 29.6 Å². The van der Waals surface area contributed by atoms with Crippen molar-refractivity contribution in [3.05, 3.63) is 29.8 Å².